The second-order valence-electron chi connectivity index (χ2n) is 4.09. The fourth-order valence-electron chi connectivity index (χ4n) is 1.92. The number of allylic oxidation sites excluding steroid dienone is 6. The molecule has 1 rings (SSSR count). The molecule has 0 heterocycles. The summed E-state index contributed by atoms with van der Waals surface area (Å²) in [6.45, 7) is 14.3. The SMILES string of the molecule is C=C/C(C(=C)c1ccccc1C)=C(C)\C=C/C. The molecule has 0 nitrogen and oxygen atoms in total. The van der Waals surface area contributed by atoms with Gasteiger partial charge in [-0.1, -0.05) is 55.7 Å². The summed E-state index contributed by atoms with van der Waals surface area (Å²) in [5.74, 6) is 0. The van der Waals surface area contributed by atoms with Crippen LogP contribution in [0.3, 0.4) is 0 Å². The average molecular weight is 224 g/mol. The van der Waals surface area contributed by atoms with Gasteiger partial charge in [0, 0.05) is 0 Å². The van der Waals surface area contributed by atoms with Crippen LogP contribution >= 0.6 is 0 Å². The van der Waals surface area contributed by atoms with Crippen LogP contribution in [0.4, 0.5) is 0 Å². The van der Waals surface area contributed by atoms with E-state index in [9.17, 15) is 0 Å². The van der Waals surface area contributed by atoms with E-state index in [0.29, 0.717) is 0 Å². The smallest absolute Gasteiger partial charge is 0.0155 e. The first kappa shape index (κ1) is 13.2. The van der Waals surface area contributed by atoms with Crippen molar-refractivity contribution in [3.63, 3.8) is 0 Å². The Morgan fingerprint density at radius 1 is 1.24 bits per heavy atom. The Balaban J connectivity index is 3.25. The van der Waals surface area contributed by atoms with Crippen molar-refractivity contribution in [3.05, 3.63) is 77.9 Å². The Morgan fingerprint density at radius 3 is 2.41 bits per heavy atom. The average Bonchev–Trinajstić information content (AvgIpc) is 2.30. The molecule has 0 saturated carbocycles. The summed E-state index contributed by atoms with van der Waals surface area (Å²) >= 11 is 0. The molecule has 0 spiro atoms. The fraction of sp³-hybridized carbons (Fsp3) is 0.176. The van der Waals surface area contributed by atoms with E-state index >= 15 is 0 Å². The molecule has 0 fully saturated rings. The maximum atomic E-state index is 4.20. The second-order valence-corrected chi connectivity index (χ2v) is 4.09. The van der Waals surface area contributed by atoms with Crippen LogP contribution in [0.5, 0.6) is 0 Å². The summed E-state index contributed by atoms with van der Waals surface area (Å²) in [6, 6.07) is 8.29. The van der Waals surface area contributed by atoms with Crippen LogP contribution in [-0.4, -0.2) is 0 Å². The van der Waals surface area contributed by atoms with Gasteiger partial charge < -0.3 is 0 Å². The Hall–Kier alpha value is -1.82. The Kier molecular flexibility index (Phi) is 4.71. The molecule has 0 atom stereocenters. The second kappa shape index (κ2) is 6.05. The first-order valence-electron chi connectivity index (χ1n) is 5.83. The molecule has 0 aliphatic carbocycles. The predicted octanol–water partition coefficient (Wildman–Crippen LogP) is 5.09. The number of rotatable bonds is 4. The van der Waals surface area contributed by atoms with Gasteiger partial charge in [-0.25, -0.2) is 0 Å². The zero-order chi connectivity index (χ0) is 12.8. The molecule has 88 valence electrons. The van der Waals surface area contributed by atoms with Crippen LogP contribution < -0.4 is 0 Å². The minimum Gasteiger partial charge on any atom is -0.0984 e. The highest BCUT2D eigenvalue weighted by molar-refractivity contribution is 5.82. The van der Waals surface area contributed by atoms with Crippen LogP contribution in [0.15, 0.2) is 66.8 Å². The van der Waals surface area contributed by atoms with Gasteiger partial charge in [-0.15, -0.1) is 0 Å². The predicted molar refractivity (Wildman–Crippen MR) is 77.9 cm³/mol. The van der Waals surface area contributed by atoms with E-state index in [1.54, 1.807) is 0 Å². The lowest BCUT2D eigenvalue weighted by Gasteiger charge is -2.12. The minimum absolute atomic E-state index is 1.04. The quantitative estimate of drug-likeness (QED) is 0.625. The largest absolute Gasteiger partial charge is 0.0984 e. The summed E-state index contributed by atoms with van der Waals surface area (Å²) in [5, 5.41) is 0. The van der Waals surface area contributed by atoms with E-state index in [1.165, 1.54) is 16.7 Å². The van der Waals surface area contributed by atoms with Crippen LogP contribution in [0.25, 0.3) is 5.57 Å². The highest BCUT2D eigenvalue weighted by atomic mass is 14.1. The topological polar surface area (TPSA) is 0 Å². The van der Waals surface area contributed by atoms with Crippen molar-refractivity contribution in [2.24, 2.45) is 0 Å². The summed E-state index contributed by atoms with van der Waals surface area (Å²) in [5.41, 5.74) is 5.76. The van der Waals surface area contributed by atoms with Gasteiger partial charge in [-0.3, -0.25) is 0 Å². The third kappa shape index (κ3) is 3.07. The van der Waals surface area contributed by atoms with Crippen molar-refractivity contribution in [2.45, 2.75) is 20.8 Å². The molecule has 1 aromatic rings. The summed E-state index contributed by atoms with van der Waals surface area (Å²) in [6.07, 6.45) is 5.99. The van der Waals surface area contributed by atoms with Crippen LogP contribution in [0.2, 0.25) is 0 Å². The van der Waals surface area contributed by atoms with E-state index in [0.717, 1.165) is 11.1 Å². The van der Waals surface area contributed by atoms with E-state index < -0.39 is 0 Å². The molecule has 1 aromatic carbocycles. The Bertz CT molecular complexity index is 485. The van der Waals surface area contributed by atoms with E-state index in [4.69, 9.17) is 0 Å². The van der Waals surface area contributed by atoms with Gasteiger partial charge in [-0.05, 0) is 48.6 Å². The van der Waals surface area contributed by atoms with E-state index in [2.05, 4.69) is 45.2 Å². The zero-order valence-electron chi connectivity index (χ0n) is 11.0. The van der Waals surface area contributed by atoms with Gasteiger partial charge in [0.2, 0.25) is 0 Å². The lowest BCUT2D eigenvalue weighted by molar-refractivity contribution is 1.39. The van der Waals surface area contributed by atoms with Gasteiger partial charge in [0.25, 0.3) is 0 Å². The van der Waals surface area contributed by atoms with Gasteiger partial charge in [-0.2, -0.15) is 0 Å². The lowest BCUT2D eigenvalue weighted by Crippen LogP contribution is -1.92. The molecule has 0 aromatic heterocycles. The highest BCUT2D eigenvalue weighted by Crippen LogP contribution is 2.27. The molecule has 0 amide bonds. The summed E-state index contributed by atoms with van der Waals surface area (Å²) in [7, 11) is 0. The summed E-state index contributed by atoms with van der Waals surface area (Å²) < 4.78 is 0. The van der Waals surface area contributed by atoms with Crippen LogP contribution in [0, 0.1) is 6.92 Å². The minimum atomic E-state index is 1.04. The molecule has 0 bridgehead atoms. The molecule has 0 radical (unpaired) electrons. The molecule has 0 heteroatoms. The normalized spacial score (nSPS) is 12.4. The third-order valence-corrected chi connectivity index (χ3v) is 2.84. The summed E-state index contributed by atoms with van der Waals surface area (Å²) in [4.78, 5) is 0. The molecule has 0 N–H and O–H groups in total. The monoisotopic (exact) mass is 224 g/mol. The van der Waals surface area contributed by atoms with Crippen molar-refractivity contribution in [2.75, 3.05) is 0 Å². The number of hydrogen-bond donors (Lipinski definition) is 0. The maximum Gasteiger partial charge on any atom is -0.0155 e. The van der Waals surface area contributed by atoms with E-state index in [1.807, 2.05) is 31.2 Å². The van der Waals surface area contributed by atoms with E-state index in [-0.39, 0.29) is 0 Å². The highest BCUT2D eigenvalue weighted by Gasteiger charge is 2.06. The van der Waals surface area contributed by atoms with Gasteiger partial charge in [0.15, 0.2) is 0 Å². The molecule has 0 unspecified atom stereocenters. The van der Waals surface area contributed by atoms with Crippen molar-refractivity contribution >= 4 is 5.57 Å². The molecule has 17 heavy (non-hydrogen) atoms. The number of hydrogen-bond acceptors (Lipinski definition) is 0. The van der Waals surface area contributed by atoms with Crippen LogP contribution in [0.1, 0.15) is 25.0 Å². The van der Waals surface area contributed by atoms with Crippen molar-refractivity contribution < 1.29 is 0 Å². The van der Waals surface area contributed by atoms with Crippen LogP contribution in [-0.2, 0) is 0 Å². The third-order valence-electron chi connectivity index (χ3n) is 2.84. The van der Waals surface area contributed by atoms with Crippen molar-refractivity contribution in [1.82, 2.24) is 0 Å². The van der Waals surface area contributed by atoms with Crippen molar-refractivity contribution in [1.29, 1.82) is 0 Å². The van der Waals surface area contributed by atoms with Gasteiger partial charge >= 0.3 is 0 Å². The molecule has 0 aliphatic rings. The number of benzene rings is 1. The molecular weight excluding hydrogens is 204 g/mol. The number of aryl methyl sites for hydroxylation is 1. The molecule has 0 aliphatic heterocycles. The maximum absolute atomic E-state index is 4.20. The molecular formula is C17H20. The van der Waals surface area contributed by atoms with Gasteiger partial charge in [0.05, 0.1) is 0 Å². The fourth-order valence-corrected chi connectivity index (χ4v) is 1.92. The standard InChI is InChI=1S/C17H20/c1-6-10-13(3)16(7-2)15(5)17-12-9-8-11-14(17)4/h6-12H,2,5H2,1,3-4H3/b10-6-,16-13+. The Labute approximate surface area is 105 Å². The van der Waals surface area contributed by atoms with Gasteiger partial charge in [0.1, 0.15) is 0 Å². The first-order chi connectivity index (χ1) is 8.11. The Morgan fingerprint density at radius 2 is 1.88 bits per heavy atom. The molecule has 0 saturated heterocycles. The first-order valence-corrected chi connectivity index (χ1v) is 5.83. The lowest BCUT2D eigenvalue weighted by atomic mass is 9.93. The zero-order valence-corrected chi connectivity index (χ0v) is 11.0. The van der Waals surface area contributed by atoms with Crippen molar-refractivity contribution in [3.8, 4) is 0 Å².